The topological polar surface area (TPSA) is 67.4 Å². The average molecular weight is 457 g/mol. The van der Waals surface area contributed by atoms with Crippen LogP contribution < -0.4 is 10.8 Å². The van der Waals surface area contributed by atoms with E-state index in [2.05, 4.69) is 17.7 Å². The van der Waals surface area contributed by atoms with E-state index in [1.54, 1.807) is 24.3 Å². The molecule has 2 atom stereocenters. The minimum absolute atomic E-state index is 0.173. The molecule has 2 rings (SSSR count). The molecule has 180 valence electrons. The van der Waals surface area contributed by atoms with E-state index in [-0.39, 0.29) is 17.6 Å². The molecule has 0 radical (unpaired) electrons. The van der Waals surface area contributed by atoms with E-state index < -0.39 is 18.1 Å². The third kappa shape index (κ3) is 8.71. The highest BCUT2D eigenvalue weighted by Crippen LogP contribution is 2.24. The van der Waals surface area contributed by atoms with Crippen LogP contribution in [0.5, 0.6) is 0 Å². The van der Waals surface area contributed by atoms with Crippen molar-refractivity contribution in [3.05, 3.63) is 71.3 Å². The summed E-state index contributed by atoms with van der Waals surface area (Å²) >= 11 is 0. The molecule has 0 aliphatic heterocycles. The highest BCUT2D eigenvalue weighted by atomic mass is 19.1. The van der Waals surface area contributed by atoms with Gasteiger partial charge in [-0.25, -0.2) is 9.87 Å². The number of unbranched alkanes of at least 4 members (excludes halogenated alkanes) is 1. The fourth-order valence-electron chi connectivity index (χ4n) is 3.50. The largest absolute Gasteiger partial charge is 0.345 e. The molecular formula is C27H37FN2O3. The number of carbonyl (C=O) groups is 2. The number of rotatable bonds is 13. The van der Waals surface area contributed by atoms with E-state index in [0.717, 1.165) is 18.4 Å². The molecule has 2 N–H and O–H groups in total. The molecule has 0 heterocycles. The minimum Gasteiger partial charge on any atom is -0.345 e. The van der Waals surface area contributed by atoms with Crippen molar-refractivity contribution < 1.29 is 18.8 Å². The monoisotopic (exact) mass is 456 g/mol. The molecule has 2 aromatic carbocycles. The number of Topliss-reactive ketones (excluding diaryl/α,β-unsaturated/α-hetero) is 1. The minimum atomic E-state index is -0.699. The van der Waals surface area contributed by atoms with E-state index in [9.17, 15) is 14.0 Å². The van der Waals surface area contributed by atoms with E-state index in [1.807, 2.05) is 51.1 Å². The molecule has 0 saturated carbocycles. The lowest BCUT2D eigenvalue weighted by molar-refractivity contribution is -0.127. The van der Waals surface area contributed by atoms with Gasteiger partial charge in [-0.05, 0) is 23.0 Å². The highest BCUT2D eigenvalue weighted by Gasteiger charge is 2.34. The van der Waals surface area contributed by atoms with Crippen LogP contribution in [-0.4, -0.2) is 24.3 Å². The van der Waals surface area contributed by atoms with E-state index in [0.29, 0.717) is 30.7 Å². The number of ketones is 1. The molecule has 0 saturated heterocycles. The summed E-state index contributed by atoms with van der Waals surface area (Å²) in [4.78, 5) is 32.0. The van der Waals surface area contributed by atoms with Crippen LogP contribution in [-0.2, 0) is 22.9 Å². The van der Waals surface area contributed by atoms with Gasteiger partial charge in [0.25, 0.3) is 0 Å². The number of hydroxylamine groups is 1. The summed E-state index contributed by atoms with van der Waals surface area (Å²) in [6, 6.07) is 15.5. The Morgan fingerprint density at radius 1 is 1.00 bits per heavy atom. The zero-order chi connectivity index (χ0) is 24.3. The summed E-state index contributed by atoms with van der Waals surface area (Å²) in [5.74, 6) is -0.677. The van der Waals surface area contributed by atoms with Gasteiger partial charge in [0, 0.05) is 12.1 Å². The van der Waals surface area contributed by atoms with Crippen LogP contribution in [0.4, 0.5) is 4.39 Å². The van der Waals surface area contributed by atoms with Gasteiger partial charge in [0.1, 0.15) is 6.67 Å². The smallest absolute Gasteiger partial charge is 0.225 e. The molecule has 6 heteroatoms. The van der Waals surface area contributed by atoms with Crippen molar-refractivity contribution in [1.82, 2.24) is 10.8 Å². The van der Waals surface area contributed by atoms with Gasteiger partial charge in [0.15, 0.2) is 5.78 Å². The third-order valence-electron chi connectivity index (χ3n) is 5.60. The van der Waals surface area contributed by atoms with Crippen LogP contribution in [0.3, 0.4) is 0 Å². The standard InChI is InChI=1S/C27H37FN2O3/c1-5-6-12-23(18-29-33-19-21-10-8-7-9-11-21)26(32)30-25(27(2,3)4)24(31)22-15-13-20(17-28)14-16-22/h7-11,13-16,23,25,29H,5-6,12,17-19H2,1-4H3,(H,30,32). The molecule has 0 aromatic heterocycles. The van der Waals surface area contributed by atoms with Crippen LogP contribution in [0.25, 0.3) is 0 Å². The summed E-state index contributed by atoms with van der Waals surface area (Å²) in [7, 11) is 0. The number of hydrogen-bond acceptors (Lipinski definition) is 4. The predicted molar refractivity (Wildman–Crippen MR) is 129 cm³/mol. The molecule has 5 nitrogen and oxygen atoms in total. The Labute approximate surface area is 197 Å². The number of halogens is 1. The van der Waals surface area contributed by atoms with Gasteiger partial charge in [0.2, 0.25) is 5.91 Å². The van der Waals surface area contributed by atoms with Crippen molar-refractivity contribution in [2.24, 2.45) is 11.3 Å². The third-order valence-corrected chi connectivity index (χ3v) is 5.60. The molecule has 0 fully saturated rings. The first-order chi connectivity index (χ1) is 15.8. The lowest BCUT2D eigenvalue weighted by atomic mass is 9.81. The van der Waals surface area contributed by atoms with Crippen molar-refractivity contribution in [3.8, 4) is 0 Å². The first kappa shape index (κ1) is 26.7. The Bertz CT molecular complexity index is 863. The maximum Gasteiger partial charge on any atom is 0.225 e. The zero-order valence-corrected chi connectivity index (χ0v) is 20.2. The number of benzene rings is 2. The lowest BCUT2D eigenvalue weighted by Gasteiger charge is -2.32. The first-order valence-electron chi connectivity index (χ1n) is 11.6. The molecule has 2 unspecified atom stereocenters. The Morgan fingerprint density at radius 2 is 1.67 bits per heavy atom. The quantitative estimate of drug-likeness (QED) is 0.241. The van der Waals surface area contributed by atoms with E-state index in [1.165, 1.54) is 0 Å². The summed E-state index contributed by atoms with van der Waals surface area (Å²) in [6.45, 7) is 8.04. The molecule has 0 aliphatic carbocycles. The summed E-state index contributed by atoms with van der Waals surface area (Å²) in [6.07, 6.45) is 2.56. The number of hydrogen-bond donors (Lipinski definition) is 2. The van der Waals surface area contributed by atoms with Crippen molar-refractivity contribution in [1.29, 1.82) is 0 Å². The summed E-state index contributed by atoms with van der Waals surface area (Å²) in [5.41, 5.74) is 4.46. The van der Waals surface area contributed by atoms with E-state index >= 15 is 0 Å². The van der Waals surface area contributed by atoms with Crippen LogP contribution in [0.15, 0.2) is 54.6 Å². The molecule has 1 amide bonds. The molecule has 33 heavy (non-hydrogen) atoms. The number of amides is 1. The van der Waals surface area contributed by atoms with Crippen molar-refractivity contribution in [2.75, 3.05) is 6.54 Å². The maximum atomic E-state index is 13.2. The Hall–Kier alpha value is -2.57. The normalized spacial score (nSPS) is 13.4. The fraction of sp³-hybridized carbons (Fsp3) is 0.481. The molecule has 0 bridgehead atoms. The van der Waals surface area contributed by atoms with Gasteiger partial charge in [-0.15, -0.1) is 0 Å². The van der Waals surface area contributed by atoms with Crippen LogP contribution >= 0.6 is 0 Å². The fourth-order valence-corrected chi connectivity index (χ4v) is 3.50. The summed E-state index contributed by atoms with van der Waals surface area (Å²) in [5, 5.41) is 2.99. The Morgan fingerprint density at radius 3 is 2.24 bits per heavy atom. The van der Waals surface area contributed by atoms with Crippen molar-refractivity contribution >= 4 is 11.7 Å². The van der Waals surface area contributed by atoms with Crippen molar-refractivity contribution in [3.63, 3.8) is 0 Å². The Kier molecular flexibility index (Phi) is 10.7. The number of nitrogens with one attached hydrogen (secondary N) is 2. The second-order valence-electron chi connectivity index (χ2n) is 9.46. The van der Waals surface area contributed by atoms with Crippen LogP contribution in [0, 0.1) is 11.3 Å². The van der Waals surface area contributed by atoms with Crippen LogP contribution in [0.2, 0.25) is 0 Å². The van der Waals surface area contributed by atoms with Gasteiger partial charge in [0.05, 0.1) is 18.6 Å². The van der Waals surface area contributed by atoms with Crippen molar-refractivity contribution in [2.45, 2.75) is 66.3 Å². The second-order valence-corrected chi connectivity index (χ2v) is 9.46. The SMILES string of the molecule is CCCCC(CNOCc1ccccc1)C(=O)NC(C(=O)c1ccc(CF)cc1)C(C)(C)C. The first-order valence-corrected chi connectivity index (χ1v) is 11.6. The summed E-state index contributed by atoms with van der Waals surface area (Å²) < 4.78 is 12.8. The van der Waals surface area contributed by atoms with Gasteiger partial charge in [-0.1, -0.05) is 95.1 Å². The van der Waals surface area contributed by atoms with E-state index in [4.69, 9.17) is 4.84 Å². The van der Waals surface area contributed by atoms with Gasteiger partial charge < -0.3 is 5.32 Å². The Balaban J connectivity index is 2.04. The second kappa shape index (κ2) is 13.2. The maximum absolute atomic E-state index is 13.2. The number of alkyl halides is 1. The van der Waals surface area contributed by atoms with Gasteiger partial charge >= 0.3 is 0 Å². The van der Waals surface area contributed by atoms with Gasteiger partial charge in [-0.3, -0.25) is 14.4 Å². The van der Waals surface area contributed by atoms with Crippen LogP contribution in [0.1, 0.15) is 68.4 Å². The average Bonchev–Trinajstić information content (AvgIpc) is 2.81. The molecule has 0 aliphatic rings. The zero-order valence-electron chi connectivity index (χ0n) is 20.2. The molecular weight excluding hydrogens is 419 g/mol. The number of carbonyl (C=O) groups excluding carboxylic acids is 2. The molecule has 2 aromatic rings. The highest BCUT2D eigenvalue weighted by molar-refractivity contribution is 6.02. The lowest BCUT2D eigenvalue weighted by Crippen LogP contribution is -2.52. The molecule has 0 spiro atoms. The predicted octanol–water partition coefficient (Wildman–Crippen LogP) is 5.40. The van der Waals surface area contributed by atoms with Gasteiger partial charge in [-0.2, -0.15) is 0 Å².